The van der Waals surface area contributed by atoms with Crippen molar-refractivity contribution >= 4 is 18.4 Å². The third-order valence-electron chi connectivity index (χ3n) is 4.42. The summed E-state index contributed by atoms with van der Waals surface area (Å²) >= 11 is 0. The van der Waals surface area contributed by atoms with Gasteiger partial charge in [0.25, 0.3) is 0 Å². The van der Waals surface area contributed by atoms with E-state index in [1.165, 1.54) is 18.2 Å². The van der Waals surface area contributed by atoms with E-state index in [4.69, 9.17) is 14.3 Å². The number of rotatable bonds is 9. The van der Waals surface area contributed by atoms with Crippen LogP contribution in [0.2, 0.25) is 0 Å². The molecule has 6 nitrogen and oxygen atoms in total. The first-order valence-electron chi connectivity index (χ1n) is 10.5. The van der Waals surface area contributed by atoms with Crippen LogP contribution in [-0.4, -0.2) is 47.1 Å². The number of carbonyl (C=O) groups is 2. The van der Waals surface area contributed by atoms with E-state index in [0.29, 0.717) is 5.75 Å². The summed E-state index contributed by atoms with van der Waals surface area (Å²) in [6, 6.07) is 14.2. The molecule has 172 valence electrons. The highest BCUT2D eigenvalue weighted by atomic mass is 16.5. The number of nitrogens with one attached hydrogen (secondary N) is 1. The van der Waals surface area contributed by atoms with Crippen LogP contribution >= 0.6 is 0 Å². The number of esters is 1. The number of aryl methyl sites for hydroxylation is 1. The van der Waals surface area contributed by atoms with Crippen molar-refractivity contribution in [2.24, 2.45) is 0 Å². The van der Waals surface area contributed by atoms with Gasteiger partial charge in [-0.2, -0.15) is 0 Å². The van der Waals surface area contributed by atoms with Crippen molar-refractivity contribution in [1.82, 2.24) is 5.32 Å². The summed E-state index contributed by atoms with van der Waals surface area (Å²) in [6.07, 6.45) is 0.932. The van der Waals surface area contributed by atoms with Crippen molar-refractivity contribution in [3.05, 3.63) is 59.2 Å². The molecule has 2 aromatic carbocycles. The normalized spacial score (nSPS) is 10.7. The maximum Gasteiger partial charge on any atom is 0.308 e. The smallest absolute Gasteiger partial charge is 0.308 e. The molecule has 6 heteroatoms. The van der Waals surface area contributed by atoms with Gasteiger partial charge in [-0.3, -0.25) is 4.79 Å². The van der Waals surface area contributed by atoms with Crippen LogP contribution in [0.4, 0.5) is 5.69 Å². The highest BCUT2D eigenvalue weighted by molar-refractivity contribution is 5.69. The predicted octanol–water partition coefficient (Wildman–Crippen LogP) is 4.54. The molecule has 0 saturated carbocycles. The summed E-state index contributed by atoms with van der Waals surface area (Å²) in [5.41, 5.74) is 4.62. The zero-order valence-electron chi connectivity index (χ0n) is 20.0. The van der Waals surface area contributed by atoms with Crippen LogP contribution in [0.15, 0.2) is 42.5 Å². The highest BCUT2D eigenvalue weighted by Gasteiger charge is 2.20. The van der Waals surface area contributed by atoms with Crippen molar-refractivity contribution in [2.75, 3.05) is 39.3 Å². The molecule has 31 heavy (non-hydrogen) atoms. The van der Waals surface area contributed by atoms with E-state index in [9.17, 15) is 4.79 Å². The number of hydrogen-bond donors (Lipinski definition) is 1. The van der Waals surface area contributed by atoms with Crippen LogP contribution in [0.3, 0.4) is 0 Å². The van der Waals surface area contributed by atoms with Gasteiger partial charge in [-0.1, -0.05) is 38.1 Å². The van der Waals surface area contributed by atoms with Gasteiger partial charge in [0.15, 0.2) is 0 Å². The lowest BCUT2D eigenvalue weighted by molar-refractivity contribution is -0.131. The molecule has 0 aliphatic carbocycles. The highest BCUT2D eigenvalue weighted by Crippen LogP contribution is 2.33. The fourth-order valence-corrected chi connectivity index (χ4v) is 3.19. The summed E-state index contributed by atoms with van der Waals surface area (Å²) in [5.74, 6) is 0.261. The van der Waals surface area contributed by atoms with Crippen LogP contribution in [0.25, 0.3) is 0 Å². The maximum absolute atomic E-state index is 11.2. The van der Waals surface area contributed by atoms with Crippen LogP contribution < -0.4 is 15.0 Å². The van der Waals surface area contributed by atoms with E-state index >= 15 is 0 Å². The van der Waals surface area contributed by atoms with Crippen molar-refractivity contribution in [2.45, 2.75) is 40.2 Å². The van der Waals surface area contributed by atoms with E-state index in [1.54, 1.807) is 7.11 Å². The lowest BCUT2D eigenvalue weighted by atomic mass is 9.93. The quantitative estimate of drug-likeness (QED) is 0.358. The van der Waals surface area contributed by atoms with Crippen LogP contribution in [0, 0.1) is 6.92 Å². The summed E-state index contributed by atoms with van der Waals surface area (Å²) in [7, 11) is 5.83. The van der Waals surface area contributed by atoms with E-state index in [0.717, 1.165) is 30.7 Å². The van der Waals surface area contributed by atoms with Crippen LogP contribution in [-0.2, 0) is 14.3 Å². The Hall–Kier alpha value is -2.70. The van der Waals surface area contributed by atoms with Crippen molar-refractivity contribution < 1.29 is 19.1 Å². The molecule has 0 saturated heterocycles. The maximum atomic E-state index is 11.2. The van der Waals surface area contributed by atoms with Gasteiger partial charge in [-0.15, -0.1) is 0 Å². The summed E-state index contributed by atoms with van der Waals surface area (Å²) in [4.78, 5) is 21.4. The Bertz CT molecular complexity index is 778. The second kappa shape index (κ2) is 16.1. The standard InChI is InChI=1S/C22H30N2O3.C2H6.CH2O/c1-16-15-18(27-17(2)25)11-12-19(16)22(23-13-8-14-26-5)20-9-6-7-10-21(20)24(3)4;2*1-2/h6-7,9-12,15,22-23H,8,13-14H2,1-5H3;1-2H3;1H2. The topological polar surface area (TPSA) is 67.9 Å². The van der Waals surface area contributed by atoms with Crippen molar-refractivity contribution in [3.63, 3.8) is 0 Å². The number of hydrogen-bond acceptors (Lipinski definition) is 6. The number of para-hydroxylation sites is 1. The molecule has 0 radical (unpaired) electrons. The molecule has 0 spiro atoms. The first-order chi connectivity index (χ1) is 14.9. The molecular weight excluding hydrogens is 392 g/mol. The molecule has 1 unspecified atom stereocenters. The summed E-state index contributed by atoms with van der Waals surface area (Å²) in [5, 5.41) is 3.67. The Labute approximate surface area is 187 Å². The number of methoxy groups -OCH3 is 1. The fraction of sp³-hybridized carbons (Fsp3) is 0.440. The first kappa shape index (κ1) is 28.3. The zero-order chi connectivity index (χ0) is 23.8. The van der Waals surface area contributed by atoms with Gasteiger partial charge in [0.2, 0.25) is 0 Å². The molecule has 1 N–H and O–H groups in total. The van der Waals surface area contributed by atoms with Gasteiger partial charge in [0, 0.05) is 40.4 Å². The van der Waals surface area contributed by atoms with Gasteiger partial charge in [0.05, 0.1) is 6.04 Å². The molecule has 0 heterocycles. The molecule has 0 aliphatic rings. The average Bonchev–Trinajstić information content (AvgIpc) is 2.77. The second-order valence-electron chi connectivity index (χ2n) is 6.80. The Balaban J connectivity index is 0.00000212. The van der Waals surface area contributed by atoms with E-state index in [2.05, 4.69) is 48.6 Å². The van der Waals surface area contributed by atoms with E-state index in [-0.39, 0.29) is 12.0 Å². The summed E-state index contributed by atoms with van der Waals surface area (Å²) in [6.45, 7) is 11.0. The molecule has 0 aromatic heterocycles. The minimum Gasteiger partial charge on any atom is -0.427 e. The number of ether oxygens (including phenoxy) is 2. The Morgan fingerprint density at radius 3 is 2.29 bits per heavy atom. The number of carbonyl (C=O) groups excluding carboxylic acids is 2. The molecule has 2 aromatic rings. The zero-order valence-corrected chi connectivity index (χ0v) is 20.0. The van der Waals surface area contributed by atoms with Crippen molar-refractivity contribution in [3.8, 4) is 5.75 Å². The number of nitrogens with zero attached hydrogens (tertiary/aromatic N) is 1. The van der Waals surface area contributed by atoms with Crippen LogP contribution in [0.1, 0.15) is 49.9 Å². The number of benzene rings is 2. The largest absolute Gasteiger partial charge is 0.427 e. The van der Waals surface area contributed by atoms with Gasteiger partial charge in [-0.05, 0) is 54.8 Å². The Kier molecular flexibility index (Phi) is 14.7. The molecule has 2 rings (SSSR count). The SMILES string of the molecule is C=O.CC.COCCCNC(c1ccc(OC(C)=O)cc1C)c1ccccc1N(C)C. The third-order valence-corrected chi connectivity index (χ3v) is 4.42. The third kappa shape index (κ3) is 9.32. The van der Waals surface area contributed by atoms with Gasteiger partial charge in [0.1, 0.15) is 12.5 Å². The molecule has 1 atom stereocenters. The monoisotopic (exact) mass is 430 g/mol. The minimum absolute atomic E-state index is 0.0341. The van der Waals surface area contributed by atoms with Gasteiger partial charge >= 0.3 is 5.97 Å². The molecule has 0 aliphatic heterocycles. The molecule has 0 fully saturated rings. The van der Waals surface area contributed by atoms with Crippen LogP contribution in [0.5, 0.6) is 5.75 Å². The second-order valence-corrected chi connectivity index (χ2v) is 6.80. The number of anilines is 1. The average molecular weight is 431 g/mol. The summed E-state index contributed by atoms with van der Waals surface area (Å²) < 4.78 is 10.4. The molecule has 0 amide bonds. The molecule has 0 bridgehead atoms. The van der Waals surface area contributed by atoms with Gasteiger partial charge < -0.3 is 24.5 Å². The molecular formula is C25H38N2O4. The predicted molar refractivity (Wildman–Crippen MR) is 128 cm³/mol. The lowest BCUT2D eigenvalue weighted by Gasteiger charge is -2.27. The Morgan fingerprint density at radius 1 is 1.10 bits per heavy atom. The Morgan fingerprint density at radius 2 is 1.74 bits per heavy atom. The first-order valence-corrected chi connectivity index (χ1v) is 10.5. The van der Waals surface area contributed by atoms with Gasteiger partial charge in [-0.25, -0.2) is 0 Å². The van der Waals surface area contributed by atoms with E-state index < -0.39 is 0 Å². The lowest BCUT2D eigenvalue weighted by Crippen LogP contribution is -2.27. The van der Waals surface area contributed by atoms with E-state index in [1.807, 2.05) is 45.8 Å². The minimum atomic E-state index is -0.311. The fourth-order valence-electron chi connectivity index (χ4n) is 3.19. The van der Waals surface area contributed by atoms with Crippen molar-refractivity contribution in [1.29, 1.82) is 0 Å².